The molecule has 1 saturated carbocycles. The Hall–Kier alpha value is -2.49. The number of aliphatic carboxylic acids is 1. The molecule has 2 unspecified atom stereocenters. The number of benzene rings is 2. The summed E-state index contributed by atoms with van der Waals surface area (Å²) in [6, 6.07) is 13.7. The van der Waals surface area contributed by atoms with Crippen molar-refractivity contribution in [2.75, 3.05) is 0 Å². The Morgan fingerprint density at radius 2 is 1.48 bits per heavy atom. The Balaban J connectivity index is 2.18. The van der Waals surface area contributed by atoms with Crippen molar-refractivity contribution in [3.8, 4) is 11.5 Å². The van der Waals surface area contributed by atoms with Crippen molar-refractivity contribution >= 4 is 5.97 Å². The zero-order valence-electron chi connectivity index (χ0n) is 14.4. The summed E-state index contributed by atoms with van der Waals surface area (Å²) in [6.45, 7) is 2.11. The molecule has 25 heavy (non-hydrogen) atoms. The van der Waals surface area contributed by atoms with E-state index in [0.29, 0.717) is 12.3 Å². The highest BCUT2D eigenvalue weighted by Crippen LogP contribution is 2.51. The summed E-state index contributed by atoms with van der Waals surface area (Å²) < 4.78 is 0. The molecule has 0 spiro atoms. The van der Waals surface area contributed by atoms with Crippen LogP contribution in [0.25, 0.3) is 0 Å². The molecule has 4 nitrogen and oxygen atoms in total. The minimum atomic E-state index is -0.792. The van der Waals surface area contributed by atoms with Crippen molar-refractivity contribution in [3.63, 3.8) is 0 Å². The first kappa shape index (κ1) is 17.3. The molecule has 0 aromatic heterocycles. The topological polar surface area (TPSA) is 77.8 Å². The van der Waals surface area contributed by atoms with Crippen LogP contribution in [-0.4, -0.2) is 21.3 Å². The first-order valence-corrected chi connectivity index (χ1v) is 8.79. The first-order valence-electron chi connectivity index (χ1n) is 8.79. The van der Waals surface area contributed by atoms with E-state index in [2.05, 4.69) is 6.92 Å². The lowest BCUT2D eigenvalue weighted by Crippen LogP contribution is -2.45. The van der Waals surface area contributed by atoms with E-state index in [9.17, 15) is 20.1 Å². The lowest BCUT2D eigenvalue weighted by molar-refractivity contribution is -0.146. The molecule has 1 fully saturated rings. The molecule has 0 heterocycles. The maximum absolute atomic E-state index is 12.2. The largest absolute Gasteiger partial charge is 0.508 e. The molecule has 1 aliphatic carbocycles. The van der Waals surface area contributed by atoms with Crippen LogP contribution in [0, 0.1) is 11.8 Å². The molecule has 2 aromatic rings. The minimum Gasteiger partial charge on any atom is -0.508 e. The molecule has 0 amide bonds. The van der Waals surface area contributed by atoms with Crippen LogP contribution < -0.4 is 0 Å². The Kier molecular flexibility index (Phi) is 4.71. The van der Waals surface area contributed by atoms with Crippen molar-refractivity contribution in [3.05, 3.63) is 59.7 Å². The van der Waals surface area contributed by atoms with E-state index >= 15 is 0 Å². The number of carbonyl (C=O) groups is 1. The number of rotatable bonds is 4. The molecular weight excluding hydrogens is 316 g/mol. The molecule has 2 aromatic carbocycles. The fourth-order valence-electron chi connectivity index (χ4n) is 4.32. The maximum Gasteiger partial charge on any atom is 0.307 e. The summed E-state index contributed by atoms with van der Waals surface area (Å²) in [4.78, 5) is 12.2. The molecule has 4 heteroatoms. The highest BCUT2D eigenvalue weighted by molar-refractivity contribution is 5.74. The Morgan fingerprint density at radius 1 is 1.00 bits per heavy atom. The number of phenolic OH excluding ortho intramolecular Hbond substituents is 2. The number of hydrogen-bond donors (Lipinski definition) is 3. The third kappa shape index (κ3) is 3.09. The Labute approximate surface area is 147 Å². The van der Waals surface area contributed by atoms with Crippen molar-refractivity contribution in [2.24, 2.45) is 11.8 Å². The predicted molar refractivity (Wildman–Crippen MR) is 95.8 cm³/mol. The number of hydrogen-bond acceptors (Lipinski definition) is 3. The highest BCUT2D eigenvalue weighted by atomic mass is 16.4. The minimum absolute atomic E-state index is 0.165. The van der Waals surface area contributed by atoms with Crippen LogP contribution in [0.4, 0.5) is 0 Å². The predicted octanol–water partition coefficient (Wildman–Crippen LogP) is 4.29. The molecule has 0 aliphatic heterocycles. The molecule has 3 rings (SSSR count). The van der Waals surface area contributed by atoms with Gasteiger partial charge in [-0.2, -0.15) is 0 Å². The van der Waals surface area contributed by atoms with E-state index in [-0.39, 0.29) is 11.5 Å². The number of phenols is 2. The van der Waals surface area contributed by atoms with Gasteiger partial charge in [0.2, 0.25) is 0 Å². The Morgan fingerprint density at radius 3 is 1.88 bits per heavy atom. The van der Waals surface area contributed by atoms with Gasteiger partial charge in [0.1, 0.15) is 11.5 Å². The van der Waals surface area contributed by atoms with Crippen molar-refractivity contribution in [1.82, 2.24) is 0 Å². The van der Waals surface area contributed by atoms with Gasteiger partial charge >= 0.3 is 5.97 Å². The molecule has 1 aliphatic rings. The lowest BCUT2D eigenvalue weighted by Gasteiger charge is -2.45. The van der Waals surface area contributed by atoms with E-state index in [4.69, 9.17) is 0 Å². The van der Waals surface area contributed by atoms with Gasteiger partial charge in [0.05, 0.1) is 5.92 Å². The summed E-state index contributed by atoms with van der Waals surface area (Å²) in [7, 11) is 0. The zero-order chi connectivity index (χ0) is 18.0. The van der Waals surface area contributed by atoms with Crippen LogP contribution in [0.5, 0.6) is 11.5 Å². The van der Waals surface area contributed by atoms with Crippen LogP contribution in [0.15, 0.2) is 48.5 Å². The fourth-order valence-corrected chi connectivity index (χ4v) is 4.32. The second-order valence-electron chi connectivity index (χ2n) is 7.00. The summed E-state index contributed by atoms with van der Waals surface area (Å²) in [5, 5.41) is 29.3. The van der Waals surface area contributed by atoms with Gasteiger partial charge in [-0.1, -0.05) is 37.6 Å². The highest BCUT2D eigenvalue weighted by Gasteiger charge is 2.49. The standard InChI is InChI=1S/C21H24O4/c1-2-14-11-12-21(19(13-14)20(24)25,15-3-7-17(22)8-4-15)16-5-9-18(23)10-6-16/h3-10,14,19,22-23H,2,11-13H2,1H3,(H,24,25). The normalized spacial score (nSPS) is 22.4. The van der Waals surface area contributed by atoms with Crippen molar-refractivity contribution in [2.45, 2.75) is 38.0 Å². The number of carboxylic acid groups (broad SMARTS) is 1. The van der Waals surface area contributed by atoms with Crippen LogP contribution in [0.1, 0.15) is 43.7 Å². The summed E-state index contributed by atoms with van der Waals surface area (Å²) >= 11 is 0. The van der Waals surface area contributed by atoms with Gasteiger partial charge in [-0.15, -0.1) is 0 Å². The quantitative estimate of drug-likeness (QED) is 0.776. The first-order chi connectivity index (χ1) is 12.0. The smallest absolute Gasteiger partial charge is 0.307 e. The third-order valence-electron chi connectivity index (χ3n) is 5.75. The van der Waals surface area contributed by atoms with E-state index in [0.717, 1.165) is 30.4 Å². The van der Waals surface area contributed by atoms with Gasteiger partial charge in [0.15, 0.2) is 0 Å². The van der Waals surface area contributed by atoms with E-state index < -0.39 is 17.3 Å². The molecule has 2 atom stereocenters. The van der Waals surface area contributed by atoms with Crippen molar-refractivity contribution in [1.29, 1.82) is 0 Å². The van der Waals surface area contributed by atoms with Crippen LogP contribution in [-0.2, 0) is 10.2 Å². The zero-order valence-corrected chi connectivity index (χ0v) is 14.4. The van der Waals surface area contributed by atoms with Gasteiger partial charge in [0, 0.05) is 5.41 Å². The average Bonchev–Trinajstić information content (AvgIpc) is 2.62. The van der Waals surface area contributed by atoms with Gasteiger partial charge in [-0.25, -0.2) is 0 Å². The second kappa shape index (κ2) is 6.79. The van der Waals surface area contributed by atoms with Gasteiger partial charge < -0.3 is 15.3 Å². The summed E-state index contributed by atoms with van der Waals surface area (Å²) in [5.74, 6) is -0.597. The van der Waals surface area contributed by atoms with Gasteiger partial charge in [-0.05, 0) is 60.6 Å². The SMILES string of the molecule is CCC1CCC(c2ccc(O)cc2)(c2ccc(O)cc2)C(C(=O)O)C1. The molecular formula is C21H24O4. The Bertz CT molecular complexity index is 688. The summed E-state index contributed by atoms with van der Waals surface area (Å²) in [5.41, 5.74) is 1.15. The molecule has 0 bridgehead atoms. The van der Waals surface area contributed by atoms with Crippen LogP contribution in [0.3, 0.4) is 0 Å². The molecule has 3 N–H and O–H groups in total. The molecule has 0 radical (unpaired) electrons. The molecule has 132 valence electrons. The molecule has 0 saturated heterocycles. The van der Waals surface area contributed by atoms with E-state index in [1.165, 1.54) is 0 Å². The number of aromatic hydroxyl groups is 2. The number of carboxylic acids is 1. The van der Waals surface area contributed by atoms with Gasteiger partial charge in [0.25, 0.3) is 0 Å². The maximum atomic E-state index is 12.2. The average molecular weight is 340 g/mol. The second-order valence-corrected chi connectivity index (χ2v) is 7.00. The van der Waals surface area contributed by atoms with E-state index in [1.54, 1.807) is 24.3 Å². The fraction of sp³-hybridized carbons (Fsp3) is 0.381. The van der Waals surface area contributed by atoms with Crippen LogP contribution in [0.2, 0.25) is 0 Å². The van der Waals surface area contributed by atoms with Crippen molar-refractivity contribution < 1.29 is 20.1 Å². The monoisotopic (exact) mass is 340 g/mol. The van der Waals surface area contributed by atoms with Crippen LogP contribution >= 0.6 is 0 Å². The lowest BCUT2D eigenvalue weighted by atomic mass is 9.57. The van der Waals surface area contributed by atoms with E-state index in [1.807, 2.05) is 24.3 Å². The third-order valence-corrected chi connectivity index (χ3v) is 5.75. The van der Waals surface area contributed by atoms with Gasteiger partial charge in [-0.3, -0.25) is 4.79 Å². The summed E-state index contributed by atoms with van der Waals surface area (Å²) in [6.07, 6.45) is 3.30.